The van der Waals surface area contributed by atoms with Crippen LogP contribution >= 0.6 is 0 Å². The molecule has 24 heavy (non-hydrogen) atoms. The fourth-order valence-electron chi connectivity index (χ4n) is 3.07. The normalized spacial score (nSPS) is 24.7. The van der Waals surface area contributed by atoms with Gasteiger partial charge in [0.2, 0.25) is 15.9 Å². The van der Waals surface area contributed by atoms with Crippen molar-refractivity contribution >= 4 is 15.9 Å². The second-order valence-electron chi connectivity index (χ2n) is 6.45. The molecular formula is C17H24N2O4S. The van der Waals surface area contributed by atoms with Crippen LogP contribution in [0.5, 0.6) is 5.75 Å². The van der Waals surface area contributed by atoms with E-state index in [9.17, 15) is 13.2 Å². The zero-order chi connectivity index (χ0) is 17.3. The molecule has 1 amide bonds. The Morgan fingerprint density at radius 1 is 1.17 bits per heavy atom. The molecule has 1 heterocycles. The van der Waals surface area contributed by atoms with Crippen molar-refractivity contribution in [3.63, 3.8) is 0 Å². The fourth-order valence-corrected chi connectivity index (χ4v) is 4.50. The van der Waals surface area contributed by atoms with Crippen molar-refractivity contribution in [1.82, 2.24) is 9.21 Å². The SMILES string of the molecule is CCOc1ccc(S(=O)(=O)N2CCN(C(=O)[C@@H]3C[C@H]3C)CC2)cc1. The molecule has 0 radical (unpaired) electrons. The molecule has 1 saturated carbocycles. The molecule has 1 aliphatic carbocycles. The van der Waals surface area contributed by atoms with Gasteiger partial charge in [-0.2, -0.15) is 4.31 Å². The number of hydrogen-bond donors (Lipinski definition) is 0. The van der Waals surface area contributed by atoms with Crippen LogP contribution in [0.15, 0.2) is 29.2 Å². The predicted octanol–water partition coefficient (Wildman–Crippen LogP) is 1.57. The summed E-state index contributed by atoms with van der Waals surface area (Å²) in [5, 5.41) is 0. The van der Waals surface area contributed by atoms with E-state index in [1.54, 1.807) is 29.2 Å². The average Bonchev–Trinajstić information content (AvgIpc) is 3.32. The maximum Gasteiger partial charge on any atom is 0.243 e. The van der Waals surface area contributed by atoms with Crippen LogP contribution in [0, 0.1) is 11.8 Å². The zero-order valence-corrected chi connectivity index (χ0v) is 15.0. The van der Waals surface area contributed by atoms with Gasteiger partial charge in [-0.3, -0.25) is 4.79 Å². The van der Waals surface area contributed by atoms with E-state index in [-0.39, 0.29) is 16.7 Å². The number of rotatable bonds is 5. The van der Waals surface area contributed by atoms with Crippen LogP contribution in [-0.4, -0.2) is 56.3 Å². The largest absolute Gasteiger partial charge is 0.494 e. The molecule has 0 spiro atoms. The molecule has 1 aromatic rings. The van der Waals surface area contributed by atoms with E-state index in [0.29, 0.717) is 44.5 Å². The second kappa shape index (κ2) is 6.72. The van der Waals surface area contributed by atoms with Crippen LogP contribution < -0.4 is 4.74 Å². The van der Waals surface area contributed by atoms with Crippen molar-refractivity contribution in [2.45, 2.75) is 25.2 Å². The molecule has 0 aromatic heterocycles. The van der Waals surface area contributed by atoms with Gasteiger partial charge in [0.1, 0.15) is 5.75 Å². The standard InChI is InChI=1S/C17H24N2O4S/c1-3-23-14-4-6-15(7-5-14)24(21,22)19-10-8-18(9-11-19)17(20)16-12-13(16)2/h4-7,13,16H,3,8-12H2,1-2H3/t13-,16-/m1/s1. The summed E-state index contributed by atoms with van der Waals surface area (Å²) in [6.07, 6.45) is 0.962. The van der Waals surface area contributed by atoms with Crippen LogP contribution in [0.1, 0.15) is 20.3 Å². The molecule has 2 aliphatic rings. The van der Waals surface area contributed by atoms with E-state index < -0.39 is 10.0 Å². The van der Waals surface area contributed by atoms with E-state index >= 15 is 0 Å². The molecule has 7 heteroatoms. The van der Waals surface area contributed by atoms with E-state index in [1.807, 2.05) is 6.92 Å². The lowest BCUT2D eigenvalue weighted by molar-refractivity contribution is -0.134. The third-order valence-corrected chi connectivity index (χ3v) is 6.66. The summed E-state index contributed by atoms with van der Waals surface area (Å²) < 4.78 is 32.2. The number of carbonyl (C=O) groups excluding carboxylic acids is 1. The van der Waals surface area contributed by atoms with Gasteiger partial charge in [0.15, 0.2) is 0 Å². The topological polar surface area (TPSA) is 66.9 Å². The van der Waals surface area contributed by atoms with E-state index in [2.05, 4.69) is 6.92 Å². The van der Waals surface area contributed by atoms with Gasteiger partial charge < -0.3 is 9.64 Å². The number of amides is 1. The van der Waals surface area contributed by atoms with Gasteiger partial charge in [-0.25, -0.2) is 8.42 Å². The molecule has 1 aromatic carbocycles. The molecule has 1 aliphatic heterocycles. The van der Waals surface area contributed by atoms with Crippen molar-refractivity contribution < 1.29 is 17.9 Å². The molecule has 6 nitrogen and oxygen atoms in total. The maximum absolute atomic E-state index is 12.7. The number of carbonyl (C=O) groups is 1. The van der Waals surface area contributed by atoms with Gasteiger partial charge in [0.05, 0.1) is 11.5 Å². The van der Waals surface area contributed by atoms with Crippen molar-refractivity contribution in [3.8, 4) is 5.75 Å². The van der Waals surface area contributed by atoms with E-state index in [0.717, 1.165) is 6.42 Å². The Kier molecular flexibility index (Phi) is 4.83. The second-order valence-corrected chi connectivity index (χ2v) is 8.39. The number of nitrogens with zero attached hydrogens (tertiary/aromatic N) is 2. The smallest absolute Gasteiger partial charge is 0.243 e. The molecule has 132 valence electrons. The van der Waals surface area contributed by atoms with Crippen LogP contribution in [0.2, 0.25) is 0 Å². The van der Waals surface area contributed by atoms with E-state index in [1.165, 1.54) is 4.31 Å². The van der Waals surface area contributed by atoms with Crippen LogP contribution in [0.25, 0.3) is 0 Å². The number of piperazine rings is 1. The summed E-state index contributed by atoms with van der Waals surface area (Å²) in [6, 6.07) is 6.49. The van der Waals surface area contributed by atoms with Gasteiger partial charge in [-0.15, -0.1) is 0 Å². The van der Waals surface area contributed by atoms with Gasteiger partial charge in [0.25, 0.3) is 0 Å². The monoisotopic (exact) mass is 352 g/mol. The summed E-state index contributed by atoms with van der Waals surface area (Å²) in [4.78, 5) is 14.3. The van der Waals surface area contributed by atoms with Gasteiger partial charge in [0, 0.05) is 32.1 Å². The van der Waals surface area contributed by atoms with E-state index in [4.69, 9.17) is 4.74 Å². The highest BCUT2D eigenvalue weighted by atomic mass is 32.2. The molecule has 2 fully saturated rings. The number of hydrogen-bond acceptors (Lipinski definition) is 4. The fraction of sp³-hybridized carbons (Fsp3) is 0.588. The van der Waals surface area contributed by atoms with Gasteiger partial charge in [-0.05, 0) is 43.5 Å². The summed E-state index contributed by atoms with van der Waals surface area (Å²) in [6.45, 7) is 6.14. The Labute approximate surface area is 143 Å². The average molecular weight is 352 g/mol. The van der Waals surface area contributed by atoms with Crippen molar-refractivity contribution in [3.05, 3.63) is 24.3 Å². The number of benzene rings is 1. The number of sulfonamides is 1. The summed E-state index contributed by atoms with van der Waals surface area (Å²) >= 11 is 0. The summed E-state index contributed by atoms with van der Waals surface area (Å²) in [5.41, 5.74) is 0. The Morgan fingerprint density at radius 2 is 1.75 bits per heavy atom. The molecule has 0 bridgehead atoms. The van der Waals surface area contributed by atoms with Crippen LogP contribution in [0.3, 0.4) is 0 Å². The molecule has 1 saturated heterocycles. The Balaban J connectivity index is 1.63. The quantitative estimate of drug-likeness (QED) is 0.807. The minimum Gasteiger partial charge on any atom is -0.494 e. The highest BCUT2D eigenvalue weighted by molar-refractivity contribution is 7.89. The first-order chi connectivity index (χ1) is 11.4. The Morgan fingerprint density at radius 3 is 2.25 bits per heavy atom. The molecule has 2 atom stereocenters. The van der Waals surface area contributed by atoms with Crippen LogP contribution in [-0.2, 0) is 14.8 Å². The number of ether oxygens (including phenoxy) is 1. The van der Waals surface area contributed by atoms with Crippen LogP contribution in [0.4, 0.5) is 0 Å². The summed E-state index contributed by atoms with van der Waals surface area (Å²) in [7, 11) is -3.52. The zero-order valence-electron chi connectivity index (χ0n) is 14.1. The first-order valence-corrected chi connectivity index (χ1v) is 9.89. The third-order valence-electron chi connectivity index (χ3n) is 4.75. The first-order valence-electron chi connectivity index (χ1n) is 8.45. The van der Waals surface area contributed by atoms with Crippen molar-refractivity contribution in [1.29, 1.82) is 0 Å². The van der Waals surface area contributed by atoms with Gasteiger partial charge in [-0.1, -0.05) is 6.92 Å². The van der Waals surface area contributed by atoms with Gasteiger partial charge >= 0.3 is 0 Å². The molecular weight excluding hydrogens is 328 g/mol. The lowest BCUT2D eigenvalue weighted by Gasteiger charge is -2.34. The Hall–Kier alpha value is -1.60. The predicted molar refractivity (Wildman–Crippen MR) is 90.2 cm³/mol. The third kappa shape index (κ3) is 3.42. The Bertz CT molecular complexity index is 694. The van der Waals surface area contributed by atoms with Crippen molar-refractivity contribution in [2.75, 3.05) is 32.8 Å². The minimum atomic E-state index is -3.52. The molecule has 3 rings (SSSR count). The highest BCUT2D eigenvalue weighted by Gasteiger charge is 2.42. The lowest BCUT2D eigenvalue weighted by Crippen LogP contribution is -2.51. The highest BCUT2D eigenvalue weighted by Crippen LogP contribution is 2.39. The van der Waals surface area contributed by atoms with Crippen molar-refractivity contribution in [2.24, 2.45) is 11.8 Å². The lowest BCUT2D eigenvalue weighted by atomic mass is 10.2. The maximum atomic E-state index is 12.7. The summed E-state index contributed by atoms with van der Waals surface area (Å²) in [5.74, 6) is 1.47. The molecule has 0 N–H and O–H groups in total. The first kappa shape index (κ1) is 17.2. The minimum absolute atomic E-state index is 0.152. The molecule has 0 unspecified atom stereocenters.